The van der Waals surface area contributed by atoms with Crippen molar-refractivity contribution < 1.29 is 4.74 Å². The van der Waals surface area contributed by atoms with E-state index >= 15 is 0 Å². The van der Waals surface area contributed by atoms with Crippen molar-refractivity contribution in [2.24, 2.45) is 0 Å². The summed E-state index contributed by atoms with van der Waals surface area (Å²) in [5.74, 6) is 0.594. The highest BCUT2D eigenvalue weighted by Crippen LogP contribution is 2.22. The van der Waals surface area contributed by atoms with Crippen LogP contribution in [0.25, 0.3) is 5.69 Å². The molecule has 0 spiro atoms. The van der Waals surface area contributed by atoms with Gasteiger partial charge in [-0.1, -0.05) is 12.1 Å². The Labute approximate surface area is 103 Å². The van der Waals surface area contributed by atoms with Gasteiger partial charge in [0.2, 0.25) is 0 Å². The fourth-order valence-corrected chi connectivity index (χ4v) is 1.68. The number of nitrogen functional groups attached to an aromatic ring is 1. The number of para-hydroxylation sites is 2. The van der Waals surface area contributed by atoms with Crippen molar-refractivity contribution in [3.63, 3.8) is 0 Å². The molecule has 2 aromatic rings. The lowest BCUT2D eigenvalue weighted by Crippen LogP contribution is -2.30. The van der Waals surface area contributed by atoms with Gasteiger partial charge in [0.1, 0.15) is 11.6 Å². The van der Waals surface area contributed by atoms with E-state index in [1.165, 1.54) is 4.57 Å². The van der Waals surface area contributed by atoms with Crippen LogP contribution in [0.15, 0.2) is 39.9 Å². The Morgan fingerprint density at radius 3 is 2.72 bits per heavy atom. The van der Waals surface area contributed by atoms with Crippen molar-refractivity contribution in [3.8, 4) is 11.4 Å². The van der Waals surface area contributed by atoms with Crippen LogP contribution in [-0.2, 0) is 0 Å². The van der Waals surface area contributed by atoms with Crippen LogP contribution < -0.4 is 21.7 Å². The molecule has 6 heteroatoms. The number of aromatic amines is 1. The molecule has 0 unspecified atom stereocenters. The molecule has 0 radical (unpaired) electrons. The predicted molar refractivity (Wildman–Crippen MR) is 68.2 cm³/mol. The highest BCUT2D eigenvalue weighted by molar-refractivity contribution is 5.51. The zero-order valence-corrected chi connectivity index (χ0v) is 9.84. The van der Waals surface area contributed by atoms with Crippen LogP contribution in [0.5, 0.6) is 5.75 Å². The summed E-state index contributed by atoms with van der Waals surface area (Å²) in [7, 11) is 0. The molecule has 1 aromatic carbocycles. The predicted octanol–water partition coefficient (Wildman–Crippen LogP) is 0.507. The molecular weight excluding hydrogens is 234 g/mol. The molecule has 0 aliphatic rings. The number of benzene rings is 1. The van der Waals surface area contributed by atoms with Gasteiger partial charge in [-0.3, -0.25) is 9.78 Å². The maximum absolute atomic E-state index is 11.8. The number of hydrogen-bond donors (Lipinski definition) is 2. The fourth-order valence-electron chi connectivity index (χ4n) is 1.68. The average Bonchev–Trinajstić information content (AvgIpc) is 2.30. The Hall–Kier alpha value is -2.50. The molecule has 0 bridgehead atoms. The third-order valence-electron chi connectivity index (χ3n) is 2.38. The van der Waals surface area contributed by atoms with Crippen molar-refractivity contribution in [1.82, 2.24) is 9.55 Å². The average molecular weight is 247 g/mol. The molecule has 1 heterocycles. The van der Waals surface area contributed by atoms with Crippen LogP contribution in [0.4, 0.5) is 5.82 Å². The lowest BCUT2D eigenvalue weighted by molar-refractivity contribution is 0.339. The second kappa shape index (κ2) is 4.79. The number of rotatable bonds is 3. The van der Waals surface area contributed by atoms with E-state index in [0.717, 1.165) is 6.07 Å². The molecule has 1 aromatic heterocycles. The van der Waals surface area contributed by atoms with E-state index in [9.17, 15) is 9.59 Å². The number of anilines is 1. The maximum atomic E-state index is 11.8. The standard InChI is InChI=1S/C12H13N3O3/c1-2-18-9-6-4-3-5-8(9)15-10(13)7-11(16)14-12(15)17/h3-7H,2,13H2,1H3,(H,14,16,17). The Morgan fingerprint density at radius 1 is 1.33 bits per heavy atom. The molecule has 0 amide bonds. The monoisotopic (exact) mass is 247 g/mol. The molecule has 18 heavy (non-hydrogen) atoms. The minimum absolute atomic E-state index is 0.0657. The highest BCUT2D eigenvalue weighted by atomic mass is 16.5. The van der Waals surface area contributed by atoms with Crippen molar-refractivity contribution in [3.05, 3.63) is 51.2 Å². The summed E-state index contributed by atoms with van der Waals surface area (Å²) in [5.41, 5.74) is 5.09. The first kappa shape index (κ1) is 12.0. The van der Waals surface area contributed by atoms with Crippen LogP contribution in [0.1, 0.15) is 6.92 Å². The van der Waals surface area contributed by atoms with Gasteiger partial charge in [0.25, 0.3) is 5.56 Å². The van der Waals surface area contributed by atoms with Gasteiger partial charge in [0.15, 0.2) is 0 Å². The van der Waals surface area contributed by atoms with Crippen molar-refractivity contribution >= 4 is 5.82 Å². The van der Waals surface area contributed by atoms with E-state index in [-0.39, 0.29) is 5.82 Å². The van der Waals surface area contributed by atoms with Gasteiger partial charge in [-0.15, -0.1) is 0 Å². The van der Waals surface area contributed by atoms with Gasteiger partial charge in [-0.05, 0) is 19.1 Å². The van der Waals surface area contributed by atoms with Crippen LogP contribution in [-0.4, -0.2) is 16.2 Å². The first-order valence-corrected chi connectivity index (χ1v) is 5.47. The third kappa shape index (κ3) is 2.13. The second-order valence-corrected chi connectivity index (χ2v) is 3.60. The molecular formula is C12H13N3O3. The number of nitrogens with one attached hydrogen (secondary N) is 1. The van der Waals surface area contributed by atoms with E-state index in [1.54, 1.807) is 24.3 Å². The largest absolute Gasteiger partial charge is 0.492 e. The van der Waals surface area contributed by atoms with Gasteiger partial charge in [-0.25, -0.2) is 9.36 Å². The summed E-state index contributed by atoms with van der Waals surface area (Å²) in [5, 5.41) is 0. The maximum Gasteiger partial charge on any atom is 0.334 e. The minimum atomic E-state index is -0.591. The second-order valence-electron chi connectivity index (χ2n) is 3.60. The van der Waals surface area contributed by atoms with Gasteiger partial charge in [-0.2, -0.15) is 0 Å². The van der Waals surface area contributed by atoms with Crippen LogP contribution in [0.3, 0.4) is 0 Å². The topological polar surface area (TPSA) is 90.1 Å². The Bertz CT molecular complexity index is 673. The Morgan fingerprint density at radius 2 is 2.06 bits per heavy atom. The summed E-state index contributed by atoms with van der Waals surface area (Å²) in [4.78, 5) is 25.1. The van der Waals surface area contributed by atoms with Crippen LogP contribution in [0, 0.1) is 0 Å². The van der Waals surface area contributed by atoms with Crippen LogP contribution >= 0.6 is 0 Å². The molecule has 0 atom stereocenters. The van der Waals surface area contributed by atoms with E-state index < -0.39 is 11.2 Å². The Balaban J connectivity index is 2.70. The third-order valence-corrected chi connectivity index (χ3v) is 2.38. The number of nitrogens with zero attached hydrogens (tertiary/aromatic N) is 1. The molecule has 2 rings (SSSR count). The van der Waals surface area contributed by atoms with Crippen molar-refractivity contribution in [2.75, 3.05) is 12.3 Å². The summed E-state index contributed by atoms with van der Waals surface area (Å²) in [6, 6.07) is 8.14. The number of nitrogens with two attached hydrogens (primary N) is 1. The van der Waals surface area contributed by atoms with E-state index in [4.69, 9.17) is 10.5 Å². The van der Waals surface area contributed by atoms with Gasteiger partial charge >= 0.3 is 5.69 Å². The summed E-state index contributed by atoms with van der Waals surface area (Å²) in [6.07, 6.45) is 0. The van der Waals surface area contributed by atoms with E-state index in [2.05, 4.69) is 4.98 Å². The normalized spacial score (nSPS) is 10.3. The number of ether oxygens (including phenoxy) is 1. The molecule has 3 N–H and O–H groups in total. The fraction of sp³-hybridized carbons (Fsp3) is 0.167. The summed E-state index contributed by atoms with van der Waals surface area (Å²) in [6.45, 7) is 2.31. The van der Waals surface area contributed by atoms with E-state index in [0.29, 0.717) is 18.0 Å². The zero-order valence-electron chi connectivity index (χ0n) is 9.84. The first-order valence-electron chi connectivity index (χ1n) is 5.47. The lowest BCUT2D eigenvalue weighted by atomic mass is 10.3. The first-order chi connectivity index (χ1) is 8.63. The lowest BCUT2D eigenvalue weighted by Gasteiger charge is -2.13. The molecule has 0 saturated carbocycles. The summed E-state index contributed by atoms with van der Waals surface area (Å²) < 4.78 is 6.63. The molecule has 6 nitrogen and oxygen atoms in total. The van der Waals surface area contributed by atoms with E-state index in [1.807, 2.05) is 6.92 Å². The Kier molecular flexibility index (Phi) is 3.18. The number of hydrogen-bond acceptors (Lipinski definition) is 4. The van der Waals surface area contributed by atoms with Crippen molar-refractivity contribution in [1.29, 1.82) is 0 Å². The molecule has 0 saturated heterocycles. The van der Waals surface area contributed by atoms with Gasteiger partial charge in [0, 0.05) is 6.07 Å². The van der Waals surface area contributed by atoms with Gasteiger partial charge in [0.05, 0.1) is 12.3 Å². The minimum Gasteiger partial charge on any atom is -0.492 e. The van der Waals surface area contributed by atoms with Gasteiger partial charge < -0.3 is 10.5 Å². The zero-order chi connectivity index (χ0) is 13.1. The number of H-pyrrole nitrogens is 1. The van der Waals surface area contributed by atoms with Crippen molar-refractivity contribution in [2.45, 2.75) is 6.92 Å². The SMILES string of the molecule is CCOc1ccccc1-n1c(N)cc(=O)[nH]c1=O. The van der Waals surface area contributed by atoms with Crippen LogP contribution in [0.2, 0.25) is 0 Å². The summed E-state index contributed by atoms with van der Waals surface area (Å²) >= 11 is 0. The quantitative estimate of drug-likeness (QED) is 0.826. The number of aromatic nitrogens is 2. The molecule has 0 aliphatic heterocycles. The smallest absolute Gasteiger partial charge is 0.334 e. The molecule has 94 valence electrons. The highest BCUT2D eigenvalue weighted by Gasteiger charge is 2.10. The molecule has 0 fully saturated rings. The molecule has 0 aliphatic carbocycles.